The number of rotatable bonds is 6. The molecule has 34 heavy (non-hydrogen) atoms. The van der Waals surface area contributed by atoms with E-state index < -0.39 is 11.8 Å². The lowest BCUT2D eigenvalue weighted by Crippen LogP contribution is -2.22. The minimum atomic E-state index is -0.439. The molecule has 168 valence electrons. The third-order valence-electron chi connectivity index (χ3n) is 6.17. The molecule has 2 amide bonds. The van der Waals surface area contributed by atoms with Crippen molar-refractivity contribution >= 4 is 62.1 Å². The zero-order valence-electron chi connectivity index (χ0n) is 17.9. The molecule has 2 aliphatic rings. The number of fused-ring (bicyclic) bond motifs is 4. The van der Waals surface area contributed by atoms with Crippen LogP contribution in [0.15, 0.2) is 53.8 Å². The molecular weight excluding hydrogens is 452 g/mol. The first-order valence-corrected chi connectivity index (χ1v) is 11.2. The highest BCUT2D eigenvalue weighted by atomic mass is 32.1. The maximum Gasteiger partial charge on any atom is 0.259 e. The van der Waals surface area contributed by atoms with Crippen LogP contribution in [0, 0.1) is 0 Å². The van der Waals surface area contributed by atoms with E-state index in [9.17, 15) is 9.59 Å². The van der Waals surface area contributed by atoms with Crippen LogP contribution < -0.4 is 14.8 Å². The predicted molar refractivity (Wildman–Crippen MR) is 131 cm³/mol. The molecule has 4 aromatic rings. The van der Waals surface area contributed by atoms with Crippen molar-refractivity contribution in [2.24, 2.45) is 4.99 Å². The van der Waals surface area contributed by atoms with Gasteiger partial charge in [0.25, 0.3) is 11.8 Å². The monoisotopic (exact) mass is 470 g/mol. The number of aryl methyl sites for hydroxylation is 1. The molecule has 6 rings (SSSR count). The molecule has 0 fully saturated rings. The van der Waals surface area contributed by atoms with Crippen LogP contribution in [-0.2, 0) is 16.1 Å². The van der Waals surface area contributed by atoms with Crippen LogP contribution in [0.25, 0.3) is 33.0 Å². The largest absolute Gasteiger partial charge is 0.454 e. The van der Waals surface area contributed by atoms with Gasteiger partial charge in [0.05, 0.1) is 33.8 Å². The molecular formula is C25H18N4O4S. The van der Waals surface area contributed by atoms with E-state index in [1.165, 1.54) is 0 Å². The van der Waals surface area contributed by atoms with Gasteiger partial charge < -0.3 is 19.0 Å². The first-order valence-electron chi connectivity index (χ1n) is 10.8. The topological polar surface area (TPSA) is 97.7 Å². The second-order valence-electron chi connectivity index (χ2n) is 8.04. The molecule has 4 heterocycles. The molecule has 8 nitrogen and oxygen atoms in total. The number of ether oxygens (including phenoxy) is 2. The summed E-state index contributed by atoms with van der Waals surface area (Å²) in [7, 11) is 0. The van der Waals surface area contributed by atoms with Crippen molar-refractivity contribution in [2.75, 3.05) is 13.3 Å². The van der Waals surface area contributed by atoms with Gasteiger partial charge >= 0.3 is 0 Å². The minimum absolute atomic E-state index is 0.0991. The first kappa shape index (κ1) is 20.4. The Balaban J connectivity index is 1.61. The first-order chi connectivity index (χ1) is 16.7. The van der Waals surface area contributed by atoms with Crippen LogP contribution >= 0.6 is 12.2 Å². The third-order valence-corrected chi connectivity index (χ3v) is 6.30. The van der Waals surface area contributed by atoms with Gasteiger partial charge in [-0.05, 0) is 36.8 Å². The smallest absolute Gasteiger partial charge is 0.259 e. The van der Waals surface area contributed by atoms with Gasteiger partial charge in [-0.2, -0.15) is 0 Å². The third kappa shape index (κ3) is 3.06. The number of nitrogens with zero attached hydrogens (tertiary/aromatic N) is 2. The van der Waals surface area contributed by atoms with Crippen LogP contribution in [-0.4, -0.2) is 39.9 Å². The molecule has 0 radical (unpaired) electrons. The molecule has 0 atom stereocenters. The number of nitrogens with one attached hydrogen (secondary N) is 2. The Kier molecular flexibility index (Phi) is 4.79. The van der Waals surface area contributed by atoms with E-state index in [1.807, 2.05) is 47.2 Å². The number of thiocarbonyl (C=S) groups is 1. The van der Waals surface area contributed by atoms with E-state index in [0.717, 1.165) is 28.2 Å². The minimum Gasteiger partial charge on any atom is -0.454 e. The number of amides is 2. The predicted octanol–water partition coefficient (Wildman–Crippen LogP) is 3.91. The number of imide groups is 1. The van der Waals surface area contributed by atoms with Gasteiger partial charge in [-0.15, -0.1) is 0 Å². The Morgan fingerprint density at radius 2 is 1.88 bits per heavy atom. The number of carbonyl (C=O) groups is 2. The van der Waals surface area contributed by atoms with Gasteiger partial charge in [-0.1, -0.05) is 18.2 Å². The number of aliphatic imine (C=N–C) groups is 1. The van der Waals surface area contributed by atoms with Crippen molar-refractivity contribution in [3.8, 4) is 11.5 Å². The highest BCUT2D eigenvalue weighted by Gasteiger charge is 2.36. The number of hydrogen-bond donors (Lipinski definition) is 2. The van der Waals surface area contributed by atoms with Crippen LogP contribution in [0.2, 0.25) is 0 Å². The summed E-state index contributed by atoms with van der Waals surface area (Å²) >= 11 is 4.66. The SMILES string of the molecule is O=C1NC(=O)C(c2cn(CCCN=C=S)c3ccc4c(c23)OCO4)=C1c1c[nH]c2ccccc12. The van der Waals surface area contributed by atoms with E-state index in [2.05, 4.69) is 32.7 Å². The number of H-pyrrole nitrogens is 1. The van der Waals surface area contributed by atoms with Crippen LogP contribution in [0.5, 0.6) is 11.5 Å². The zero-order valence-corrected chi connectivity index (χ0v) is 18.7. The molecule has 0 saturated heterocycles. The highest BCUT2D eigenvalue weighted by Crippen LogP contribution is 2.46. The zero-order chi connectivity index (χ0) is 23.2. The quantitative estimate of drug-likeness (QED) is 0.193. The average Bonchev–Trinajstić information content (AvgIpc) is 3.60. The average molecular weight is 471 g/mol. The Hall–Kier alpha value is -4.20. The summed E-state index contributed by atoms with van der Waals surface area (Å²) in [5, 5.41) is 6.48. The fourth-order valence-corrected chi connectivity index (χ4v) is 4.83. The van der Waals surface area contributed by atoms with Gasteiger partial charge in [-0.25, -0.2) is 4.99 Å². The lowest BCUT2D eigenvalue weighted by Gasteiger charge is -2.05. The summed E-state index contributed by atoms with van der Waals surface area (Å²) in [6, 6.07) is 11.5. The Morgan fingerprint density at radius 1 is 1.06 bits per heavy atom. The lowest BCUT2D eigenvalue weighted by molar-refractivity contribution is -0.122. The van der Waals surface area contributed by atoms with E-state index in [0.29, 0.717) is 46.9 Å². The number of aromatic nitrogens is 2. The van der Waals surface area contributed by atoms with Crippen LogP contribution in [0.1, 0.15) is 17.5 Å². The molecule has 9 heteroatoms. The normalized spacial score (nSPS) is 14.8. The maximum atomic E-state index is 13.2. The molecule has 2 aliphatic heterocycles. The number of benzene rings is 2. The van der Waals surface area contributed by atoms with E-state index in [4.69, 9.17) is 9.47 Å². The summed E-state index contributed by atoms with van der Waals surface area (Å²) in [5.74, 6) is 0.314. The molecule has 2 N–H and O–H groups in total. The second kappa shape index (κ2) is 7.98. The molecule has 0 unspecified atom stereocenters. The highest BCUT2D eigenvalue weighted by molar-refractivity contribution is 7.78. The second-order valence-corrected chi connectivity index (χ2v) is 8.22. The van der Waals surface area contributed by atoms with Crippen LogP contribution in [0.4, 0.5) is 0 Å². The van der Waals surface area contributed by atoms with Crippen molar-refractivity contribution in [3.63, 3.8) is 0 Å². The van der Waals surface area contributed by atoms with Crippen LogP contribution in [0.3, 0.4) is 0 Å². The van der Waals surface area contributed by atoms with Crippen molar-refractivity contribution in [1.82, 2.24) is 14.9 Å². The van der Waals surface area contributed by atoms with Gasteiger partial charge in [0, 0.05) is 41.0 Å². The summed E-state index contributed by atoms with van der Waals surface area (Å²) < 4.78 is 13.4. The standard InChI is InChI=1S/C25H18N4O4S/c30-24-21(15-10-27-17-5-2-1-4-14(15)17)22(25(31)28-24)16-11-29(9-3-8-26-12-34)18-6-7-19-23(20(16)18)33-13-32-19/h1-2,4-7,10-11,27H,3,8-9,13H2,(H,28,30,31). The van der Waals surface area contributed by atoms with E-state index >= 15 is 0 Å². The van der Waals surface area contributed by atoms with Gasteiger partial charge in [0.15, 0.2) is 11.5 Å². The van der Waals surface area contributed by atoms with E-state index in [1.54, 1.807) is 6.20 Å². The number of hydrogen-bond acceptors (Lipinski definition) is 6. The fraction of sp³-hybridized carbons (Fsp3) is 0.160. The molecule has 2 aromatic heterocycles. The van der Waals surface area contributed by atoms with Gasteiger partial charge in [0.2, 0.25) is 6.79 Å². The van der Waals surface area contributed by atoms with Gasteiger partial charge in [0.1, 0.15) is 0 Å². The summed E-state index contributed by atoms with van der Waals surface area (Å²) in [5.41, 5.74) is 3.72. The summed E-state index contributed by atoms with van der Waals surface area (Å²) in [6.45, 7) is 1.29. The summed E-state index contributed by atoms with van der Waals surface area (Å²) in [4.78, 5) is 33.4. The molecule has 0 bridgehead atoms. The van der Waals surface area contributed by atoms with Crippen molar-refractivity contribution in [1.29, 1.82) is 0 Å². The van der Waals surface area contributed by atoms with Gasteiger partial charge in [-0.3, -0.25) is 14.9 Å². The lowest BCUT2D eigenvalue weighted by atomic mass is 9.95. The van der Waals surface area contributed by atoms with Crippen molar-refractivity contribution in [2.45, 2.75) is 13.0 Å². The molecule has 0 aliphatic carbocycles. The Labute approximate surface area is 198 Å². The Bertz CT molecular complexity index is 1590. The number of isothiocyanates is 1. The van der Waals surface area contributed by atoms with E-state index in [-0.39, 0.29) is 6.79 Å². The molecule has 0 spiro atoms. The number of carbonyl (C=O) groups excluding carboxylic acids is 2. The molecule has 2 aromatic carbocycles. The fourth-order valence-electron chi connectivity index (χ4n) is 4.74. The number of aromatic amines is 1. The number of para-hydroxylation sites is 1. The molecule has 0 saturated carbocycles. The maximum absolute atomic E-state index is 13.2. The van der Waals surface area contributed by atoms with Crippen molar-refractivity contribution < 1.29 is 19.1 Å². The van der Waals surface area contributed by atoms with Crippen molar-refractivity contribution in [3.05, 3.63) is 59.9 Å². The summed E-state index contributed by atoms with van der Waals surface area (Å²) in [6.07, 6.45) is 4.40. The Morgan fingerprint density at radius 3 is 2.74 bits per heavy atom.